The Hall–Kier alpha value is -3.36. The highest BCUT2D eigenvalue weighted by atomic mass is 19.2. The van der Waals surface area contributed by atoms with Crippen molar-refractivity contribution in [3.8, 4) is 5.69 Å². The van der Waals surface area contributed by atoms with E-state index in [0.717, 1.165) is 12.1 Å². The van der Waals surface area contributed by atoms with E-state index in [9.17, 15) is 18.7 Å². The van der Waals surface area contributed by atoms with Crippen LogP contribution >= 0.6 is 0 Å². The quantitative estimate of drug-likeness (QED) is 0.362. The van der Waals surface area contributed by atoms with E-state index < -0.39 is 35.0 Å². The van der Waals surface area contributed by atoms with Crippen molar-refractivity contribution in [3.05, 3.63) is 59.2 Å². The van der Waals surface area contributed by atoms with Gasteiger partial charge in [-0.05, 0) is 54.9 Å². The zero-order chi connectivity index (χ0) is 23.7. The summed E-state index contributed by atoms with van der Waals surface area (Å²) in [4.78, 5) is 11.5. The number of hydrogen-bond acceptors (Lipinski definition) is 2. The number of nitrogens with zero attached hydrogens (tertiary/aromatic N) is 2. The Kier molecular flexibility index (Phi) is 4.77. The number of carbonyl (C=O) groups is 1. The zero-order valence-electron chi connectivity index (χ0n) is 17.9. The summed E-state index contributed by atoms with van der Waals surface area (Å²) in [5.41, 5.74) is -0.431. The molecule has 172 valence electrons. The average Bonchev–Trinajstić information content (AvgIpc) is 3.46. The van der Waals surface area contributed by atoms with Crippen molar-refractivity contribution in [1.82, 2.24) is 14.8 Å². The summed E-state index contributed by atoms with van der Waals surface area (Å²) in [6.45, 7) is 3.74. The summed E-state index contributed by atoms with van der Waals surface area (Å²) < 4.78 is 60.4. The molecule has 0 radical (unpaired) electrons. The predicted molar refractivity (Wildman–Crippen MR) is 115 cm³/mol. The number of carboxylic acids is 1. The number of hydrogen-bond donors (Lipinski definition) is 2. The van der Waals surface area contributed by atoms with Crippen molar-refractivity contribution in [2.75, 3.05) is 0 Å². The number of aromatic amines is 1. The molecule has 5 nitrogen and oxygen atoms in total. The number of rotatable bonds is 4. The average molecular weight is 459 g/mol. The van der Waals surface area contributed by atoms with Crippen LogP contribution < -0.4 is 0 Å². The van der Waals surface area contributed by atoms with Gasteiger partial charge in [0.2, 0.25) is 5.67 Å². The largest absolute Gasteiger partial charge is 0.479 e. The van der Waals surface area contributed by atoms with Crippen molar-refractivity contribution in [3.63, 3.8) is 0 Å². The SMILES string of the molecule is CC(C)c1c(C2CC[C@@](F)(C(=O)O)C2)c2c(F)c3[nH]ncc3cc2n1-c1ccc(F)c(F)c1. The molecule has 0 spiro atoms. The molecule has 33 heavy (non-hydrogen) atoms. The summed E-state index contributed by atoms with van der Waals surface area (Å²) in [7, 11) is 0. The normalized spacial score (nSPS) is 21.0. The Morgan fingerprint density at radius 2 is 2.00 bits per heavy atom. The third-order valence-electron chi connectivity index (χ3n) is 6.64. The highest BCUT2D eigenvalue weighted by molar-refractivity contribution is 6.00. The lowest BCUT2D eigenvalue weighted by Gasteiger charge is -2.19. The molecule has 0 amide bonds. The first-order valence-corrected chi connectivity index (χ1v) is 10.7. The number of benzene rings is 2. The molecule has 2 atom stereocenters. The number of H-pyrrole nitrogens is 1. The van der Waals surface area contributed by atoms with Gasteiger partial charge >= 0.3 is 5.97 Å². The molecular weight excluding hydrogens is 438 g/mol. The number of halogens is 4. The first-order valence-electron chi connectivity index (χ1n) is 10.7. The second-order valence-corrected chi connectivity index (χ2v) is 9.02. The number of alkyl halides is 1. The lowest BCUT2D eigenvalue weighted by atomic mass is 9.89. The molecule has 9 heteroatoms. The number of aliphatic carboxylic acids is 1. The highest BCUT2D eigenvalue weighted by Crippen LogP contribution is 2.50. The fourth-order valence-corrected chi connectivity index (χ4v) is 5.17. The molecule has 1 aliphatic carbocycles. The van der Waals surface area contributed by atoms with Crippen LogP contribution in [0.2, 0.25) is 0 Å². The first kappa shape index (κ1) is 21.5. The van der Waals surface area contributed by atoms with Gasteiger partial charge in [0, 0.05) is 28.2 Å². The van der Waals surface area contributed by atoms with Crippen molar-refractivity contribution < 1.29 is 27.5 Å². The van der Waals surface area contributed by atoms with Gasteiger partial charge in [-0.25, -0.2) is 22.4 Å². The van der Waals surface area contributed by atoms with Crippen LogP contribution in [0.5, 0.6) is 0 Å². The maximum atomic E-state index is 15.9. The van der Waals surface area contributed by atoms with E-state index in [-0.39, 0.29) is 36.1 Å². The number of nitrogens with one attached hydrogen (secondary N) is 1. The van der Waals surface area contributed by atoms with Crippen molar-refractivity contribution in [2.24, 2.45) is 0 Å². The van der Waals surface area contributed by atoms with E-state index in [1.807, 2.05) is 13.8 Å². The monoisotopic (exact) mass is 459 g/mol. The Morgan fingerprint density at radius 1 is 1.24 bits per heavy atom. The van der Waals surface area contributed by atoms with Crippen LogP contribution in [0.4, 0.5) is 17.6 Å². The maximum Gasteiger partial charge on any atom is 0.341 e. The first-order chi connectivity index (χ1) is 15.6. The fourth-order valence-electron chi connectivity index (χ4n) is 5.17. The van der Waals surface area contributed by atoms with Crippen LogP contribution in [0, 0.1) is 17.5 Å². The standard InChI is InChI=1S/C24H21F4N3O2/c1-11(2)22-18(12-5-6-24(28,9-12)23(32)33)19-17(7-13-10-29-30-21(13)20(19)27)31(22)14-3-4-15(25)16(26)8-14/h3-4,7-8,10-12H,5-6,9H2,1-2H3,(H,29,30)(H,32,33)/t12?,24-/m0/s1. The van der Waals surface area contributed by atoms with Crippen LogP contribution in [0.1, 0.15) is 56.2 Å². The van der Waals surface area contributed by atoms with E-state index >= 15 is 8.78 Å². The van der Waals surface area contributed by atoms with Crippen LogP contribution in [0.25, 0.3) is 27.5 Å². The number of carboxylic acid groups (broad SMARTS) is 1. The smallest absolute Gasteiger partial charge is 0.341 e. The van der Waals surface area contributed by atoms with Gasteiger partial charge in [-0.15, -0.1) is 0 Å². The molecule has 2 heterocycles. The maximum absolute atomic E-state index is 15.9. The van der Waals surface area contributed by atoms with E-state index in [1.165, 1.54) is 12.3 Å². The van der Waals surface area contributed by atoms with Gasteiger partial charge in [0.25, 0.3) is 0 Å². The second-order valence-electron chi connectivity index (χ2n) is 9.02. The van der Waals surface area contributed by atoms with Gasteiger partial charge in [-0.1, -0.05) is 13.8 Å². The third-order valence-corrected chi connectivity index (χ3v) is 6.64. The molecule has 2 aromatic heterocycles. The Balaban J connectivity index is 1.88. The van der Waals surface area contributed by atoms with E-state index in [0.29, 0.717) is 27.8 Å². The zero-order valence-corrected chi connectivity index (χ0v) is 17.9. The summed E-state index contributed by atoms with van der Waals surface area (Å²) in [6.07, 6.45) is 1.21. The second kappa shape index (κ2) is 7.33. The number of aromatic nitrogens is 3. The van der Waals surface area contributed by atoms with Crippen LogP contribution in [-0.2, 0) is 4.79 Å². The molecule has 0 bridgehead atoms. The molecule has 0 saturated heterocycles. The van der Waals surface area contributed by atoms with Crippen LogP contribution in [0.3, 0.4) is 0 Å². The molecule has 2 aromatic carbocycles. The minimum absolute atomic E-state index is 0.171. The molecule has 1 unspecified atom stereocenters. The van der Waals surface area contributed by atoms with E-state index in [2.05, 4.69) is 10.2 Å². The van der Waals surface area contributed by atoms with Gasteiger partial charge in [-0.2, -0.15) is 5.10 Å². The summed E-state index contributed by atoms with van der Waals surface area (Å²) in [5, 5.41) is 16.6. The van der Waals surface area contributed by atoms with Gasteiger partial charge in [0.05, 0.1) is 11.7 Å². The highest BCUT2D eigenvalue weighted by Gasteiger charge is 2.48. The Morgan fingerprint density at radius 3 is 2.64 bits per heavy atom. The van der Waals surface area contributed by atoms with Gasteiger partial charge in [0.1, 0.15) is 5.52 Å². The molecule has 1 saturated carbocycles. The lowest BCUT2D eigenvalue weighted by Crippen LogP contribution is -2.30. The molecule has 5 rings (SSSR count). The van der Waals surface area contributed by atoms with Gasteiger partial charge < -0.3 is 9.67 Å². The molecular formula is C24H21F4N3O2. The van der Waals surface area contributed by atoms with E-state index in [4.69, 9.17) is 0 Å². The minimum atomic E-state index is -2.40. The molecule has 2 N–H and O–H groups in total. The summed E-state index contributed by atoms with van der Waals surface area (Å²) in [5.74, 6) is -4.96. The minimum Gasteiger partial charge on any atom is -0.479 e. The van der Waals surface area contributed by atoms with Crippen molar-refractivity contribution in [1.29, 1.82) is 0 Å². The predicted octanol–water partition coefficient (Wildman–Crippen LogP) is 6.11. The topological polar surface area (TPSA) is 70.9 Å². The summed E-state index contributed by atoms with van der Waals surface area (Å²) in [6, 6.07) is 5.13. The van der Waals surface area contributed by atoms with E-state index in [1.54, 1.807) is 10.6 Å². The number of fused-ring (bicyclic) bond motifs is 2. The molecule has 4 aromatic rings. The Labute approximate surface area is 186 Å². The van der Waals surface area contributed by atoms with Crippen molar-refractivity contribution in [2.45, 2.75) is 50.6 Å². The third kappa shape index (κ3) is 3.13. The molecule has 1 aliphatic rings. The summed E-state index contributed by atoms with van der Waals surface area (Å²) >= 11 is 0. The molecule has 0 aliphatic heterocycles. The van der Waals surface area contributed by atoms with Crippen LogP contribution in [0.15, 0.2) is 30.5 Å². The molecule has 1 fully saturated rings. The van der Waals surface area contributed by atoms with Gasteiger partial charge in [0.15, 0.2) is 17.5 Å². The van der Waals surface area contributed by atoms with Crippen LogP contribution in [-0.4, -0.2) is 31.5 Å². The van der Waals surface area contributed by atoms with Crippen molar-refractivity contribution >= 4 is 27.8 Å². The Bertz CT molecular complexity index is 1420. The van der Waals surface area contributed by atoms with Gasteiger partial charge in [-0.3, -0.25) is 5.10 Å². The lowest BCUT2D eigenvalue weighted by molar-refractivity contribution is -0.150. The fraction of sp³-hybridized carbons (Fsp3) is 0.333.